The monoisotopic (exact) mass is 259 g/mol. The van der Waals surface area contributed by atoms with Crippen LogP contribution in [0.5, 0.6) is 0 Å². The molecule has 2 aromatic rings. The van der Waals surface area contributed by atoms with Gasteiger partial charge in [0.1, 0.15) is 9.88 Å². The van der Waals surface area contributed by atoms with Crippen molar-refractivity contribution in [2.24, 2.45) is 0 Å². The molecular weight excluding hydrogens is 246 g/mol. The Kier molecular flexibility index (Phi) is 3.06. The maximum Gasteiger partial charge on any atom is 0.265 e. The van der Waals surface area contributed by atoms with Crippen molar-refractivity contribution >= 4 is 17.2 Å². The van der Waals surface area contributed by atoms with E-state index in [-0.39, 0.29) is 5.91 Å². The molecule has 1 fully saturated rings. The third-order valence-corrected chi connectivity index (χ3v) is 4.07. The Labute approximate surface area is 109 Å². The number of pyridine rings is 1. The number of thiazole rings is 1. The molecule has 0 unspecified atom stereocenters. The molecule has 1 saturated heterocycles. The van der Waals surface area contributed by atoms with E-state index in [0.717, 1.165) is 41.4 Å². The van der Waals surface area contributed by atoms with Crippen LogP contribution in [0.2, 0.25) is 0 Å². The van der Waals surface area contributed by atoms with E-state index in [9.17, 15) is 4.79 Å². The van der Waals surface area contributed by atoms with Crippen molar-refractivity contribution in [3.05, 3.63) is 35.6 Å². The lowest BCUT2D eigenvalue weighted by Gasteiger charge is -2.12. The summed E-state index contributed by atoms with van der Waals surface area (Å²) in [5, 5.41) is 0.875. The summed E-state index contributed by atoms with van der Waals surface area (Å²) in [6.07, 6.45) is 7.38. The first-order valence-electron chi connectivity index (χ1n) is 6.00. The molecule has 0 saturated carbocycles. The highest BCUT2D eigenvalue weighted by Gasteiger charge is 2.21. The molecule has 1 amide bonds. The molecule has 4 nitrogen and oxygen atoms in total. The van der Waals surface area contributed by atoms with E-state index in [0.29, 0.717) is 0 Å². The van der Waals surface area contributed by atoms with Crippen molar-refractivity contribution in [1.82, 2.24) is 14.9 Å². The number of hydrogen-bond donors (Lipinski definition) is 0. The summed E-state index contributed by atoms with van der Waals surface area (Å²) in [6.45, 7) is 1.75. The fourth-order valence-electron chi connectivity index (χ4n) is 2.08. The molecule has 0 atom stereocenters. The number of nitrogens with zero attached hydrogens (tertiary/aromatic N) is 3. The van der Waals surface area contributed by atoms with Crippen LogP contribution < -0.4 is 0 Å². The van der Waals surface area contributed by atoms with Gasteiger partial charge >= 0.3 is 0 Å². The van der Waals surface area contributed by atoms with Crippen LogP contribution in [0, 0.1) is 0 Å². The van der Waals surface area contributed by atoms with Gasteiger partial charge in [-0.2, -0.15) is 0 Å². The Hall–Kier alpha value is -1.75. The van der Waals surface area contributed by atoms with Crippen molar-refractivity contribution in [3.63, 3.8) is 0 Å². The second kappa shape index (κ2) is 4.86. The van der Waals surface area contributed by atoms with E-state index in [2.05, 4.69) is 9.97 Å². The van der Waals surface area contributed by atoms with Gasteiger partial charge in [0.25, 0.3) is 5.91 Å². The predicted octanol–water partition coefficient (Wildman–Crippen LogP) is 2.44. The minimum Gasteiger partial charge on any atom is -0.338 e. The molecule has 92 valence electrons. The second-order valence-corrected chi connectivity index (χ2v) is 5.30. The average Bonchev–Trinajstić information content (AvgIpc) is 3.10. The first-order chi connectivity index (χ1) is 8.84. The molecule has 0 aliphatic carbocycles. The molecule has 2 aromatic heterocycles. The van der Waals surface area contributed by atoms with Crippen LogP contribution in [0.1, 0.15) is 22.5 Å². The topological polar surface area (TPSA) is 46.1 Å². The number of likely N-dealkylation sites (tertiary alicyclic amines) is 1. The van der Waals surface area contributed by atoms with E-state index >= 15 is 0 Å². The number of carbonyl (C=O) groups is 1. The Morgan fingerprint density at radius 1 is 1.22 bits per heavy atom. The lowest BCUT2D eigenvalue weighted by molar-refractivity contribution is 0.0797. The molecule has 0 radical (unpaired) electrons. The SMILES string of the molecule is O=C(c1cnc(-c2ccncc2)s1)N1CCCC1. The van der Waals surface area contributed by atoms with Gasteiger partial charge in [0.2, 0.25) is 0 Å². The van der Waals surface area contributed by atoms with Gasteiger partial charge in [0.05, 0.1) is 6.20 Å². The Balaban J connectivity index is 1.83. The van der Waals surface area contributed by atoms with E-state index in [1.807, 2.05) is 17.0 Å². The second-order valence-electron chi connectivity index (χ2n) is 4.26. The Bertz CT molecular complexity index is 546. The fraction of sp³-hybridized carbons (Fsp3) is 0.308. The van der Waals surface area contributed by atoms with Gasteiger partial charge in [-0.25, -0.2) is 4.98 Å². The number of rotatable bonds is 2. The smallest absolute Gasteiger partial charge is 0.265 e. The minimum atomic E-state index is 0.116. The Morgan fingerprint density at radius 2 is 1.94 bits per heavy atom. The van der Waals surface area contributed by atoms with Gasteiger partial charge < -0.3 is 4.90 Å². The summed E-state index contributed by atoms with van der Waals surface area (Å²) >= 11 is 1.45. The summed E-state index contributed by atoms with van der Waals surface area (Å²) in [6, 6.07) is 3.81. The van der Waals surface area contributed by atoms with Crippen molar-refractivity contribution < 1.29 is 4.79 Å². The first kappa shape index (κ1) is 11.3. The maximum absolute atomic E-state index is 12.2. The highest BCUT2D eigenvalue weighted by molar-refractivity contribution is 7.16. The standard InChI is InChI=1S/C13H13N3OS/c17-13(16-7-1-2-8-16)11-9-15-12(18-11)10-3-5-14-6-4-10/h3-6,9H,1-2,7-8H2. The van der Waals surface area contributed by atoms with Crippen LogP contribution in [0.4, 0.5) is 0 Å². The molecule has 5 heteroatoms. The molecule has 0 bridgehead atoms. The summed E-state index contributed by atoms with van der Waals surface area (Å²) in [4.78, 5) is 23.1. The molecule has 18 heavy (non-hydrogen) atoms. The van der Waals surface area contributed by atoms with Gasteiger partial charge in [-0.3, -0.25) is 9.78 Å². The minimum absolute atomic E-state index is 0.116. The van der Waals surface area contributed by atoms with Crippen LogP contribution in [0.25, 0.3) is 10.6 Å². The van der Waals surface area contributed by atoms with Gasteiger partial charge in [0.15, 0.2) is 0 Å². The van der Waals surface area contributed by atoms with Crippen molar-refractivity contribution in [2.45, 2.75) is 12.8 Å². The van der Waals surface area contributed by atoms with Crippen molar-refractivity contribution in [3.8, 4) is 10.6 Å². The third kappa shape index (κ3) is 2.13. The molecule has 1 aliphatic heterocycles. The van der Waals surface area contributed by atoms with Crippen molar-refractivity contribution in [2.75, 3.05) is 13.1 Å². The molecular formula is C13H13N3OS. The van der Waals surface area contributed by atoms with Crippen LogP contribution in [-0.4, -0.2) is 33.9 Å². The molecule has 3 rings (SSSR count). The molecule has 1 aliphatic rings. The summed E-state index contributed by atoms with van der Waals surface area (Å²) in [7, 11) is 0. The molecule has 0 spiro atoms. The van der Waals surface area contributed by atoms with E-state index in [1.54, 1.807) is 18.6 Å². The predicted molar refractivity (Wildman–Crippen MR) is 70.5 cm³/mol. The van der Waals surface area contributed by atoms with Crippen LogP contribution in [-0.2, 0) is 0 Å². The lowest BCUT2D eigenvalue weighted by Crippen LogP contribution is -2.26. The van der Waals surface area contributed by atoms with Crippen LogP contribution in [0.15, 0.2) is 30.7 Å². The van der Waals surface area contributed by atoms with Gasteiger partial charge in [-0.15, -0.1) is 11.3 Å². The Morgan fingerprint density at radius 3 is 2.67 bits per heavy atom. The van der Waals surface area contributed by atoms with Gasteiger partial charge in [0, 0.05) is 31.0 Å². The lowest BCUT2D eigenvalue weighted by atomic mass is 10.3. The van der Waals surface area contributed by atoms with Crippen LogP contribution >= 0.6 is 11.3 Å². The highest BCUT2D eigenvalue weighted by atomic mass is 32.1. The maximum atomic E-state index is 12.2. The number of carbonyl (C=O) groups excluding carboxylic acids is 1. The largest absolute Gasteiger partial charge is 0.338 e. The van der Waals surface area contributed by atoms with Gasteiger partial charge in [-0.05, 0) is 25.0 Å². The summed E-state index contributed by atoms with van der Waals surface area (Å²) < 4.78 is 0. The highest BCUT2D eigenvalue weighted by Crippen LogP contribution is 2.26. The molecule has 3 heterocycles. The first-order valence-corrected chi connectivity index (χ1v) is 6.82. The zero-order chi connectivity index (χ0) is 12.4. The summed E-state index contributed by atoms with van der Waals surface area (Å²) in [5.74, 6) is 0.116. The fourth-order valence-corrected chi connectivity index (χ4v) is 2.97. The van der Waals surface area contributed by atoms with E-state index in [1.165, 1.54) is 11.3 Å². The zero-order valence-electron chi connectivity index (χ0n) is 9.87. The molecule has 0 N–H and O–H groups in total. The average molecular weight is 259 g/mol. The number of aromatic nitrogens is 2. The number of amides is 1. The quantitative estimate of drug-likeness (QED) is 0.832. The van der Waals surface area contributed by atoms with E-state index in [4.69, 9.17) is 0 Å². The van der Waals surface area contributed by atoms with Crippen LogP contribution in [0.3, 0.4) is 0 Å². The van der Waals surface area contributed by atoms with E-state index < -0.39 is 0 Å². The number of hydrogen-bond acceptors (Lipinski definition) is 4. The zero-order valence-corrected chi connectivity index (χ0v) is 10.7. The van der Waals surface area contributed by atoms with Gasteiger partial charge in [-0.1, -0.05) is 0 Å². The third-order valence-electron chi connectivity index (χ3n) is 3.04. The summed E-state index contributed by atoms with van der Waals surface area (Å²) in [5.41, 5.74) is 1.01. The van der Waals surface area contributed by atoms with Crippen molar-refractivity contribution in [1.29, 1.82) is 0 Å². The molecule has 0 aromatic carbocycles. The normalized spacial score (nSPS) is 15.0.